The fraction of sp³-hybridized carbons (Fsp3) is 0.571. The second kappa shape index (κ2) is 6.62. The first kappa shape index (κ1) is 17.1. The third-order valence-electron chi connectivity index (χ3n) is 6.30. The number of carbonyl (C=O) groups excluding carboxylic acids is 1. The molecule has 1 saturated carbocycles. The van der Waals surface area contributed by atoms with Crippen molar-refractivity contribution in [3.8, 4) is 11.5 Å². The van der Waals surface area contributed by atoms with Gasteiger partial charge in [-0.25, -0.2) is 0 Å². The predicted octanol–water partition coefficient (Wildman–Crippen LogP) is 4.44. The Balaban J connectivity index is 1.98. The Hall–Kier alpha value is -1.77. The summed E-state index contributed by atoms with van der Waals surface area (Å²) in [5.41, 5.74) is 1.22. The number of rotatable bonds is 4. The summed E-state index contributed by atoms with van der Waals surface area (Å²) in [6.07, 6.45) is 8.20. The maximum atomic E-state index is 12.4. The second-order valence-corrected chi connectivity index (χ2v) is 7.52. The van der Waals surface area contributed by atoms with Crippen molar-refractivity contribution >= 4 is 5.78 Å². The number of hydrogen-bond donors (Lipinski definition) is 0. The monoisotopic (exact) mass is 328 g/mol. The number of methoxy groups -OCH3 is 2. The number of benzene rings is 1. The highest BCUT2D eigenvalue weighted by molar-refractivity contribution is 5.84. The largest absolute Gasteiger partial charge is 0.497 e. The number of Topliss-reactive ketones (excluding diaryl/α,β-unsaturated/α-hetero) is 1. The molecule has 1 aromatic carbocycles. The van der Waals surface area contributed by atoms with Crippen molar-refractivity contribution in [2.75, 3.05) is 14.2 Å². The highest BCUT2D eigenvalue weighted by Crippen LogP contribution is 2.52. The lowest BCUT2D eigenvalue weighted by atomic mass is 9.55. The Labute approximate surface area is 145 Å². The quantitative estimate of drug-likeness (QED) is 0.766. The molecule has 0 unspecified atom stereocenters. The van der Waals surface area contributed by atoms with E-state index in [9.17, 15) is 4.79 Å². The van der Waals surface area contributed by atoms with Crippen LogP contribution in [0.1, 0.15) is 38.7 Å². The topological polar surface area (TPSA) is 35.5 Å². The van der Waals surface area contributed by atoms with Gasteiger partial charge in [0, 0.05) is 12.3 Å². The van der Waals surface area contributed by atoms with E-state index in [1.54, 1.807) is 14.2 Å². The molecule has 0 radical (unpaired) electrons. The molecule has 0 aromatic heterocycles. The molecule has 3 nitrogen and oxygen atoms in total. The molecule has 1 fully saturated rings. The summed E-state index contributed by atoms with van der Waals surface area (Å²) < 4.78 is 11.0. The zero-order valence-corrected chi connectivity index (χ0v) is 15.2. The van der Waals surface area contributed by atoms with Gasteiger partial charge in [-0.1, -0.05) is 26.0 Å². The maximum Gasteiger partial charge on any atom is 0.140 e. The summed E-state index contributed by atoms with van der Waals surface area (Å²) in [7, 11) is 3.40. The van der Waals surface area contributed by atoms with Crippen LogP contribution in [0.2, 0.25) is 0 Å². The zero-order valence-electron chi connectivity index (χ0n) is 15.2. The van der Waals surface area contributed by atoms with Gasteiger partial charge in [0.25, 0.3) is 0 Å². The van der Waals surface area contributed by atoms with Crippen molar-refractivity contribution in [3.05, 3.63) is 35.9 Å². The van der Waals surface area contributed by atoms with Gasteiger partial charge in [0.2, 0.25) is 0 Å². The molecular weight excluding hydrogens is 300 g/mol. The molecule has 3 heteroatoms. The van der Waals surface area contributed by atoms with Crippen LogP contribution in [-0.4, -0.2) is 20.0 Å². The van der Waals surface area contributed by atoms with E-state index in [2.05, 4.69) is 32.1 Å². The summed E-state index contributed by atoms with van der Waals surface area (Å²) >= 11 is 0. The van der Waals surface area contributed by atoms with Gasteiger partial charge in [0.1, 0.15) is 17.3 Å². The van der Waals surface area contributed by atoms with Crippen LogP contribution in [0.15, 0.2) is 30.4 Å². The smallest absolute Gasteiger partial charge is 0.140 e. The molecule has 0 N–H and O–H groups in total. The van der Waals surface area contributed by atoms with Gasteiger partial charge in [0.15, 0.2) is 0 Å². The SMILES string of the molecule is COc1ccc(OC)c(C[C@]2(C)[C@H](C)C=C[C@H]3C(=O)CCC[C@@H]32)c1. The Bertz CT molecular complexity index is 648. The average Bonchev–Trinajstić information content (AvgIpc) is 2.59. The number of fused-ring (bicyclic) bond motifs is 1. The van der Waals surface area contributed by atoms with Gasteiger partial charge in [0.05, 0.1) is 14.2 Å². The van der Waals surface area contributed by atoms with E-state index in [1.165, 1.54) is 5.56 Å². The molecule has 130 valence electrons. The summed E-state index contributed by atoms with van der Waals surface area (Å²) in [5.74, 6) is 3.10. The standard InChI is InChI=1S/C21H28O3/c1-14-8-10-17-18(6-5-7-19(17)22)21(14,2)13-15-12-16(23-3)9-11-20(15)24-4/h8-12,14,17-18H,5-7,13H2,1-4H3/t14-,17-,18+,21-/m1/s1. The van der Waals surface area contributed by atoms with E-state index in [0.717, 1.165) is 37.2 Å². The molecule has 0 bridgehead atoms. The molecule has 1 aromatic rings. The molecule has 0 saturated heterocycles. The Morgan fingerprint density at radius 1 is 1.21 bits per heavy atom. The van der Waals surface area contributed by atoms with Crippen LogP contribution in [0.5, 0.6) is 11.5 Å². The van der Waals surface area contributed by atoms with Crippen LogP contribution in [0.4, 0.5) is 0 Å². The van der Waals surface area contributed by atoms with E-state index < -0.39 is 0 Å². The third kappa shape index (κ3) is 2.85. The zero-order chi connectivity index (χ0) is 17.3. The second-order valence-electron chi connectivity index (χ2n) is 7.52. The van der Waals surface area contributed by atoms with Crippen LogP contribution in [0.25, 0.3) is 0 Å². The van der Waals surface area contributed by atoms with Gasteiger partial charge >= 0.3 is 0 Å². The lowest BCUT2D eigenvalue weighted by Crippen LogP contribution is -2.46. The third-order valence-corrected chi connectivity index (χ3v) is 6.30. The fourth-order valence-corrected chi connectivity index (χ4v) is 4.61. The van der Waals surface area contributed by atoms with Gasteiger partial charge < -0.3 is 9.47 Å². The minimum atomic E-state index is 0.0507. The Kier molecular flexibility index (Phi) is 4.71. The lowest BCUT2D eigenvalue weighted by molar-refractivity contribution is -0.128. The van der Waals surface area contributed by atoms with Gasteiger partial charge in [-0.2, -0.15) is 0 Å². The first-order chi connectivity index (χ1) is 11.5. The molecule has 0 amide bonds. The van der Waals surface area contributed by atoms with Crippen molar-refractivity contribution in [3.63, 3.8) is 0 Å². The number of allylic oxidation sites excluding steroid dienone is 2. The fourth-order valence-electron chi connectivity index (χ4n) is 4.61. The highest BCUT2D eigenvalue weighted by Gasteiger charge is 2.47. The molecule has 4 atom stereocenters. The summed E-state index contributed by atoms with van der Waals surface area (Å²) in [6.45, 7) is 4.62. The molecule has 0 spiro atoms. The van der Waals surface area contributed by atoms with Crippen LogP contribution < -0.4 is 9.47 Å². The highest BCUT2D eigenvalue weighted by atomic mass is 16.5. The van der Waals surface area contributed by atoms with Crippen LogP contribution >= 0.6 is 0 Å². The minimum absolute atomic E-state index is 0.0507. The van der Waals surface area contributed by atoms with Crippen molar-refractivity contribution in [1.82, 2.24) is 0 Å². The lowest BCUT2D eigenvalue weighted by Gasteiger charge is -2.49. The maximum absolute atomic E-state index is 12.4. The van der Waals surface area contributed by atoms with Crippen LogP contribution in [-0.2, 0) is 11.2 Å². The van der Waals surface area contributed by atoms with Crippen LogP contribution in [0, 0.1) is 23.2 Å². The van der Waals surface area contributed by atoms with E-state index in [4.69, 9.17) is 9.47 Å². The molecular formula is C21H28O3. The molecule has 0 aliphatic heterocycles. The number of ketones is 1. The molecule has 2 aliphatic rings. The first-order valence-electron chi connectivity index (χ1n) is 8.91. The van der Waals surface area contributed by atoms with Gasteiger partial charge in [-0.3, -0.25) is 4.79 Å². The predicted molar refractivity (Wildman–Crippen MR) is 95.5 cm³/mol. The minimum Gasteiger partial charge on any atom is -0.497 e. The first-order valence-corrected chi connectivity index (χ1v) is 8.91. The van der Waals surface area contributed by atoms with E-state index in [0.29, 0.717) is 17.6 Å². The number of ether oxygens (including phenoxy) is 2. The number of carbonyl (C=O) groups is 1. The molecule has 0 heterocycles. The van der Waals surface area contributed by atoms with Gasteiger partial charge in [-0.05, 0) is 60.3 Å². The van der Waals surface area contributed by atoms with Crippen molar-refractivity contribution < 1.29 is 14.3 Å². The summed E-state index contributed by atoms with van der Waals surface area (Å²) in [5, 5.41) is 0. The normalized spacial score (nSPS) is 32.3. The Morgan fingerprint density at radius 2 is 2.00 bits per heavy atom. The van der Waals surface area contributed by atoms with Crippen molar-refractivity contribution in [2.24, 2.45) is 23.2 Å². The molecule has 3 rings (SSSR count). The average molecular weight is 328 g/mol. The summed E-state index contributed by atoms with van der Waals surface area (Å²) in [6, 6.07) is 5.99. The van der Waals surface area contributed by atoms with E-state index in [1.807, 2.05) is 12.1 Å². The molecule has 24 heavy (non-hydrogen) atoms. The van der Waals surface area contributed by atoms with Crippen molar-refractivity contribution in [2.45, 2.75) is 39.5 Å². The van der Waals surface area contributed by atoms with Gasteiger partial charge in [-0.15, -0.1) is 0 Å². The molecule has 2 aliphatic carbocycles. The van der Waals surface area contributed by atoms with E-state index in [-0.39, 0.29) is 11.3 Å². The number of hydrogen-bond acceptors (Lipinski definition) is 3. The summed E-state index contributed by atoms with van der Waals surface area (Å²) in [4.78, 5) is 12.4. The van der Waals surface area contributed by atoms with Crippen molar-refractivity contribution in [1.29, 1.82) is 0 Å². The van der Waals surface area contributed by atoms with E-state index >= 15 is 0 Å². The Morgan fingerprint density at radius 3 is 2.71 bits per heavy atom. The van der Waals surface area contributed by atoms with Crippen LogP contribution in [0.3, 0.4) is 0 Å².